The van der Waals surface area contributed by atoms with Gasteiger partial charge in [0.1, 0.15) is 5.52 Å². The van der Waals surface area contributed by atoms with Gasteiger partial charge < -0.3 is 15.5 Å². The van der Waals surface area contributed by atoms with Crippen LogP contribution in [0.1, 0.15) is 18.7 Å². The van der Waals surface area contributed by atoms with Gasteiger partial charge in [0.2, 0.25) is 11.8 Å². The summed E-state index contributed by atoms with van der Waals surface area (Å²) in [5.41, 5.74) is 8.00. The van der Waals surface area contributed by atoms with Gasteiger partial charge in [0.25, 0.3) is 0 Å². The van der Waals surface area contributed by atoms with E-state index in [9.17, 15) is 4.79 Å². The molecule has 2 aliphatic heterocycles. The van der Waals surface area contributed by atoms with E-state index in [1.807, 2.05) is 18.2 Å². The van der Waals surface area contributed by atoms with E-state index >= 15 is 0 Å². The van der Waals surface area contributed by atoms with Crippen molar-refractivity contribution in [1.29, 1.82) is 0 Å². The van der Waals surface area contributed by atoms with Crippen LogP contribution in [-0.4, -0.2) is 34.9 Å². The number of nitrogen functional groups attached to an aromatic ring is 1. The standard InChI is InChI=1S/C15H18N4O2/c16-9-3-4-13-11(6-9)18-14(21-13)8-19-5-1-2-10-12(19)7-17-15(10)20/h3-4,6,10,12H,1-2,5,7-8,16H2,(H,17,20). The lowest BCUT2D eigenvalue weighted by Gasteiger charge is -2.34. The molecule has 3 N–H and O–H groups in total. The molecule has 4 rings (SSSR count). The fourth-order valence-electron chi connectivity index (χ4n) is 3.47. The fraction of sp³-hybridized carbons (Fsp3) is 0.467. The van der Waals surface area contributed by atoms with Crippen molar-refractivity contribution in [2.75, 3.05) is 18.8 Å². The van der Waals surface area contributed by atoms with Gasteiger partial charge in [0.15, 0.2) is 5.58 Å². The van der Waals surface area contributed by atoms with Gasteiger partial charge in [-0.1, -0.05) is 0 Å². The zero-order valence-electron chi connectivity index (χ0n) is 11.7. The second-order valence-electron chi connectivity index (χ2n) is 5.87. The van der Waals surface area contributed by atoms with E-state index in [4.69, 9.17) is 10.2 Å². The first-order valence-electron chi connectivity index (χ1n) is 7.37. The molecule has 1 aromatic heterocycles. The third-order valence-electron chi connectivity index (χ3n) is 4.51. The molecule has 0 saturated carbocycles. The number of likely N-dealkylation sites (tertiary alicyclic amines) is 1. The third-order valence-corrected chi connectivity index (χ3v) is 4.51. The average Bonchev–Trinajstić information content (AvgIpc) is 3.03. The van der Waals surface area contributed by atoms with Crippen LogP contribution in [0.15, 0.2) is 22.6 Å². The summed E-state index contributed by atoms with van der Waals surface area (Å²) in [5.74, 6) is 1.00. The monoisotopic (exact) mass is 286 g/mol. The van der Waals surface area contributed by atoms with E-state index in [0.29, 0.717) is 18.1 Å². The lowest BCUT2D eigenvalue weighted by atomic mass is 9.91. The van der Waals surface area contributed by atoms with Gasteiger partial charge in [-0.05, 0) is 37.6 Å². The van der Waals surface area contributed by atoms with Gasteiger partial charge in [-0.3, -0.25) is 9.69 Å². The second kappa shape index (κ2) is 4.73. The molecule has 2 aliphatic rings. The molecule has 6 nitrogen and oxygen atoms in total. The minimum atomic E-state index is 0.124. The Labute approximate surface area is 122 Å². The van der Waals surface area contributed by atoms with Crippen LogP contribution < -0.4 is 11.1 Å². The van der Waals surface area contributed by atoms with Gasteiger partial charge >= 0.3 is 0 Å². The number of rotatable bonds is 2. The van der Waals surface area contributed by atoms with Gasteiger partial charge in [-0.25, -0.2) is 4.98 Å². The highest BCUT2D eigenvalue weighted by atomic mass is 16.3. The predicted molar refractivity (Wildman–Crippen MR) is 78.4 cm³/mol. The van der Waals surface area contributed by atoms with Crippen molar-refractivity contribution in [1.82, 2.24) is 15.2 Å². The van der Waals surface area contributed by atoms with Crippen molar-refractivity contribution in [3.8, 4) is 0 Å². The SMILES string of the molecule is Nc1ccc2oc(CN3CCCC4C(=O)NCC43)nc2c1. The number of hydrogen-bond donors (Lipinski definition) is 2. The van der Waals surface area contributed by atoms with E-state index in [2.05, 4.69) is 15.2 Å². The first-order chi connectivity index (χ1) is 10.2. The Bertz CT molecular complexity index is 696. The van der Waals surface area contributed by atoms with Crippen molar-refractivity contribution in [2.24, 2.45) is 5.92 Å². The third kappa shape index (κ3) is 2.15. The quantitative estimate of drug-likeness (QED) is 0.808. The number of anilines is 1. The normalized spacial score (nSPS) is 26.0. The Morgan fingerprint density at radius 1 is 1.48 bits per heavy atom. The molecule has 1 aromatic carbocycles. The Morgan fingerprint density at radius 2 is 2.38 bits per heavy atom. The summed E-state index contributed by atoms with van der Waals surface area (Å²) in [6.07, 6.45) is 2.03. The molecule has 110 valence electrons. The molecule has 2 saturated heterocycles. The number of aromatic nitrogens is 1. The van der Waals surface area contributed by atoms with E-state index < -0.39 is 0 Å². The average molecular weight is 286 g/mol. The molecular weight excluding hydrogens is 268 g/mol. The zero-order chi connectivity index (χ0) is 14.4. The molecular formula is C15H18N4O2. The minimum Gasteiger partial charge on any atom is -0.439 e. The molecule has 21 heavy (non-hydrogen) atoms. The Morgan fingerprint density at radius 3 is 3.29 bits per heavy atom. The molecule has 3 heterocycles. The number of nitrogens with two attached hydrogens (primary N) is 1. The highest BCUT2D eigenvalue weighted by Crippen LogP contribution is 2.29. The smallest absolute Gasteiger partial charge is 0.224 e. The Kier molecular flexibility index (Phi) is 2.85. The lowest BCUT2D eigenvalue weighted by Crippen LogP contribution is -2.44. The highest BCUT2D eigenvalue weighted by molar-refractivity contribution is 5.82. The summed E-state index contributed by atoms with van der Waals surface area (Å²) in [4.78, 5) is 18.6. The molecule has 6 heteroatoms. The topological polar surface area (TPSA) is 84.4 Å². The van der Waals surface area contributed by atoms with Crippen molar-refractivity contribution >= 4 is 22.7 Å². The number of amides is 1. The van der Waals surface area contributed by atoms with Gasteiger partial charge in [0.05, 0.1) is 12.5 Å². The van der Waals surface area contributed by atoms with E-state index in [-0.39, 0.29) is 17.9 Å². The van der Waals surface area contributed by atoms with Crippen LogP contribution in [0.25, 0.3) is 11.1 Å². The number of hydrogen-bond acceptors (Lipinski definition) is 5. The molecule has 2 atom stereocenters. The summed E-state index contributed by atoms with van der Waals surface area (Å²) in [6, 6.07) is 5.75. The van der Waals surface area contributed by atoms with E-state index in [1.165, 1.54) is 0 Å². The number of nitrogens with zero attached hydrogens (tertiary/aromatic N) is 2. The van der Waals surface area contributed by atoms with Crippen LogP contribution in [0.3, 0.4) is 0 Å². The summed E-state index contributed by atoms with van der Waals surface area (Å²) >= 11 is 0. The number of carbonyl (C=O) groups is 1. The summed E-state index contributed by atoms with van der Waals surface area (Å²) in [6.45, 7) is 2.36. The number of carbonyl (C=O) groups excluding carboxylic acids is 1. The largest absolute Gasteiger partial charge is 0.439 e. The van der Waals surface area contributed by atoms with Gasteiger partial charge in [0, 0.05) is 18.3 Å². The highest BCUT2D eigenvalue weighted by Gasteiger charge is 2.40. The molecule has 2 fully saturated rings. The van der Waals surface area contributed by atoms with Crippen molar-refractivity contribution in [2.45, 2.75) is 25.4 Å². The maximum absolute atomic E-state index is 11.8. The number of benzene rings is 1. The lowest BCUT2D eigenvalue weighted by molar-refractivity contribution is -0.124. The van der Waals surface area contributed by atoms with E-state index in [1.54, 1.807) is 0 Å². The first kappa shape index (κ1) is 12.6. The molecule has 0 bridgehead atoms. The van der Waals surface area contributed by atoms with Gasteiger partial charge in [-0.2, -0.15) is 0 Å². The number of oxazole rings is 1. The summed E-state index contributed by atoms with van der Waals surface area (Å²) in [7, 11) is 0. The minimum absolute atomic E-state index is 0.124. The van der Waals surface area contributed by atoms with Crippen LogP contribution in [0.5, 0.6) is 0 Å². The van der Waals surface area contributed by atoms with Crippen LogP contribution >= 0.6 is 0 Å². The maximum atomic E-state index is 11.8. The predicted octanol–water partition coefficient (Wildman–Crippen LogP) is 1.12. The molecule has 1 amide bonds. The first-order valence-corrected chi connectivity index (χ1v) is 7.37. The molecule has 2 unspecified atom stereocenters. The van der Waals surface area contributed by atoms with Crippen LogP contribution in [0.4, 0.5) is 5.69 Å². The van der Waals surface area contributed by atoms with Crippen LogP contribution in [0.2, 0.25) is 0 Å². The Balaban J connectivity index is 1.57. The molecule has 0 aliphatic carbocycles. The van der Waals surface area contributed by atoms with Crippen molar-refractivity contribution in [3.05, 3.63) is 24.1 Å². The second-order valence-corrected chi connectivity index (χ2v) is 5.87. The van der Waals surface area contributed by atoms with E-state index in [0.717, 1.165) is 37.0 Å². The van der Waals surface area contributed by atoms with Crippen LogP contribution in [0, 0.1) is 5.92 Å². The fourth-order valence-corrected chi connectivity index (χ4v) is 3.47. The zero-order valence-corrected chi connectivity index (χ0v) is 11.7. The maximum Gasteiger partial charge on any atom is 0.224 e. The summed E-state index contributed by atoms with van der Waals surface area (Å²) in [5, 5.41) is 2.96. The van der Waals surface area contributed by atoms with Crippen LogP contribution in [-0.2, 0) is 11.3 Å². The van der Waals surface area contributed by atoms with Crippen molar-refractivity contribution < 1.29 is 9.21 Å². The van der Waals surface area contributed by atoms with Gasteiger partial charge in [-0.15, -0.1) is 0 Å². The number of nitrogens with one attached hydrogen (secondary N) is 1. The Hall–Kier alpha value is -2.08. The molecule has 0 spiro atoms. The number of piperidine rings is 1. The number of fused-ring (bicyclic) bond motifs is 2. The summed E-state index contributed by atoms with van der Waals surface area (Å²) < 4.78 is 5.79. The molecule has 2 aromatic rings. The van der Waals surface area contributed by atoms with Crippen molar-refractivity contribution in [3.63, 3.8) is 0 Å². The molecule has 0 radical (unpaired) electrons.